The van der Waals surface area contributed by atoms with Gasteiger partial charge in [-0.25, -0.2) is 4.39 Å². The van der Waals surface area contributed by atoms with Gasteiger partial charge in [0.1, 0.15) is 11.9 Å². The van der Waals surface area contributed by atoms with Gasteiger partial charge >= 0.3 is 0 Å². The summed E-state index contributed by atoms with van der Waals surface area (Å²) in [4.78, 5) is 11.3. The number of halogens is 2. The molecular weight excluding hydrogens is 313 g/mol. The first-order chi connectivity index (χ1) is 10.5. The number of aliphatic hydroxyl groups is 1. The summed E-state index contributed by atoms with van der Waals surface area (Å²) in [6.07, 6.45) is 0.212. The molecule has 0 saturated carbocycles. The Labute approximate surface area is 132 Å². The lowest BCUT2D eigenvalue weighted by molar-refractivity contribution is -0.212. The number of carbonyl (C=O) groups is 1. The van der Waals surface area contributed by atoms with Crippen molar-refractivity contribution in [3.63, 3.8) is 0 Å². The van der Waals surface area contributed by atoms with E-state index in [2.05, 4.69) is 5.32 Å². The molecule has 1 aliphatic rings. The molecule has 0 spiro atoms. The molecule has 120 valence electrons. The molecule has 1 heterocycles. The Bertz CT molecular complexity index is 573. The number of hydrogen-bond acceptors (Lipinski definition) is 4. The third-order valence-electron chi connectivity index (χ3n) is 3.01. The second kappa shape index (κ2) is 7.69. The van der Waals surface area contributed by atoms with Crippen LogP contribution < -0.4 is 5.32 Å². The van der Waals surface area contributed by atoms with Gasteiger partial charge in [-0.3, -0.25) is 4.79 Å². The van der Waals surface area contributed by atoms with Crippen molar-refractivity contribution in [2.75, 3.05) is 13.2 Å². The van der Waals surface area contributed by atoms with Gasteiger partial charge in [-0.15, -0.1) is 0 Å². The van der Waals surface area contributed by atoms with Crippen LogP contribution in [0.5, 0.6) is 0 Å². The molecule has 0 aromatic heterocycles. The third-order valence-corrected chi connectivity index (χ3v) is 3.32. The van der Waals surface area contributed by atoms with E-state index in [1.54, 1.807) is 6.07 Å². The lowest BCUT2D eigenvalue weighted by Crippen LogP contribution is -2.35. The van der Waals surface area contributed by atoms with Gasteiger partial charge in [0.15, 0.2) is 6.29 Å². The Morgan fingerprint density at radius 1 is 1.50 bits per heavy atom. The minimum Gasteiger partial charge on any atom is -0.384 e. The molecule has 2 N–H and O–H groups in total. The summed E-state index contributed by atoms with van der Waals surface area (Å²) in [5, 5.41) is 12.7. The standard InChI is InChI=1S/C15H17ClFNO4/c1-9(19)18-13(10-3-4-11(16)12(17)7-10)8-14(20)15-21-5-2-6-22-15/h3-4,7-8,14-15,20H,2,5-6H2,1H3,(H,18,19)/b13-8-/t14-/m0/s1. The van der Waals surface area contributed by atoms with Crippen molar-refractivity contribution in [2.24, 2.45) is 0 Å². The van der Waals surface area contributed by atoms with Crippen molar-refractivity contribution < 1.29 is 23.8 Å². The van der Waals surface area contributed by atoms with Crippen LogP contribution in [0.1, 0.15) is 18.9 Å². The fourth-order valence-electron chi connectivity index (χ4n) is 2.02. The highest BCUT2D eigenvalue weighted by atomic mass is 35.5. The lowest BCUT2D eigenvalue weighted by Gasteiger charge is -2.26. The van der Waals surface area contributed by atoms with Crippen molar-refractivity contribution in [1.29, 1.82) is 0 Å². The number of ether oxygens (including phenoxy) is 2. The van der Waals surface area contributed by atoms with Crippen molar-refractivity contribution in [3.05, 3.63) is 40.7 Å². The van der Waals surface area contributed by atoms with E-state index in [9.17, 15) is 14.3 Å². The van der Waals surface area contributed by atoms with E-state index < -0.39 is 18.2 Å². The number of carbonyl (C=O) groups excluding carboxylic acids is 1. The largest absolute Gasteiger partial charge is 0.384 e. The molecule has 22 heavy (non-hydrogen) atoms. The van der Waals surface area contributed by atoms with Gasteiger partial charge in [0.25, 0.3) is 0 Å². The summed E-state index contributed by atoms with van der Waals surface area (Å²) in [5.41, 5.74) is 0.639. The van der Waals surface area contributed by atoms with E-state index in [-0.39, 0.29) is 16.6 Å². The zero-order valence-electron chi connectivity index (χ0n) is 12.0. The van der Waals surface area contributed by atoms with Gasteiger partial charge in [0.05, 0.1) is 18.2 Å². The average Bonchev–Trinajstić information content (AvgIpc) is 2.49. The minimum absolute atomic E-state index is 0.0228. The number of rotatable bonds is 4. The molecule has 0 aliphatic carbocycles. The Kier molecular flexibility index (Phi) is 5.90. The number of nitrogens with one attached hydrogen (secondary N) is 1. The SMILES string of the molecule is CC(=O)N/C(=C\[C@H](O)C1OCCCO1)c1ccc(Cl)c(F)c1. The Balaban J connectivity index is 2.25. The van der Waals surface area contributed by atoms with Crippen molar-refractivity contribution >= 4 is 23.2 Å². The van der Waals surface area contributed by atoms with Crippen LogP contribution in [0.3, 0.4) is 0 Å². The molecule has 0 radical (unpaired) electrons. The molecule has 1 aliphatic heterocycles. The molecule has 1 saturated heterocycles. The molecule has 2 rings (SSSR count). The molecule has 1 atom stereocenters. The van der Waals surface area contributed by atoms with Crippen LogP contribution in [0.2, 0.25) is 5.02 Å². The summed E-state index contributed by atoms with van der Waals surface area (Å²) in [7, 11) is 0. The summed E-state index contributed by atoms with van der Waals surface area (Å²) < 4.78 is 24.2. The summed E-state index contributed by atoms with van der Waals surface area (Å²) >= 11 is 5.65. The van der Waals surface area contributed by atoms with Crippen molar-refractivity contribution in [1.82, 2.24) is 5.32 Å². The molecule has 1 aromatic rings. The molecule has 1 amide bonds. The second-order valence-corrected chi connectivity index (χ2v) is 5.25. The predicted octanol–water partition coefficient (Wildman–Crippen LogP) is 2.08. The average molecular weight is 330 g/mol. The molecule has 0 unspecified atom stereocenters. The first-order valence-corrected chi connectivity index (χ1v) is 7.21. The summed E-state index contributed by atoms with van der Waals surface area (Å²) in [5.74, 6) is -0.964. The molecule has 5 nitrogen and oxygen atoms in total. The minimum atomic E-state index is -1.10. The molecule has 7 heteroatoms. The van der Waals surface area contributed by atoms with Crippen molar-refractivity contribution in [3.8, 4) is 0 Å². The zero-order valence-corrected chi connectivity index (χ0v) is 12.8. The van der Waals surface area contributed by atoms with Gasteiger partial charge in [0, 0.05) is 18.2 Å². The van der Waals surface area contributed by atoms with Crippen LogP contribution in [-0.2, 0) is 14.3 Å². The maximum atomic E-state index is 13.6. The number of aliphatic hydroxyl groups excluding tert-OH is 1. The number of hydrogen-bond donors (Lipinski definition) is 2. The second-order valence-electron chi connectivity index (χ2n) is 4.84. The number of benzene rings is 1. The van der Waals surface area contributed by atoms with E-state index in [4.69, 9.17) is 21.1 Å². The van der Waals surface area contributed by atoms with Crippen molar-refractivity contribution in [2.45, 2.75) is 25.7 Å². The van der Waals surface area contributed by atoms with Gasteiger partial charge < -0.3 is 19.9 Å². The third kappa shape index (κ3) is 4.51. The zero-order chi connectivity index (χ0) is 16.1. The molecule has 0 bridgehead atoms. The normalized spacial score (nSPS) is 18.1. The first-order valence-electron chi connectivity index (χ1n) is 6.83. The van der Waals surface area contributed by atoms with E-state index in [1.165, 1.54) is 25.1 Å². The number of amides is 1. The fraction of sp³-hybridized carbons (Fsp3) is 0.400. The van der Waals surface area contributed by atoms with E-state index >= 15 is 0 Å². The van der Waals surface area contributed by atoms with Gasteiger partial charge in [-0.2, -0.15) is 0 Å². The Morgan fingerprint density at radius 3 is 2.77 bits per heavy atom. The maximum Gasteiger partial charge on any atom is 0.221 e. The molecule has 1 fully saturated rings. The van der Waals surface area contributed by atoms with Crippen LogP contribution in [0.4, 0.5) is 4.39 Å². The highest BCUT2D eigenvalue weighted by molar-refractivity contribution is 6.30. The highest BCUT2D eigenvalue weighted by Crippen LogP contribution is 2.21. The quantitative estimate of drug-likeness (QED) is 0.887. The topological polar surface area (TPSA) is 67.8 Å². The Hall–Kier alpha value is -1.47. The van der Waals surface area contributed by atoms with E-state index in [0.29, 0.717) is 18.8 Å². The fourth-order valence-corrected chi connectivity index (χ4v) is 2.13. The maximum absolute atomic E-state index is 13.6. The smallest absolute Gasteiger partial charge is 0.221 e. The van der Waals surface area contributed by atoms with Crippen LogP contribution in [0.15, 0.2) is 24.3 Å². The monoisotopic (exact) mass is 329 g/mol. The predicted molar refractivity (Wildman–Crippen MR) is 79.5 cm³/mol. The van der Waals surface area contributed by atoms with Gasteiger partial charge in [0.2, 0.25) is 5.91 Å². The van der Waals surface area contributed by atoms with Crippen LogP contribution >= 0.6 is 11.6 Å². The van der Waals surface area contributed by atoms with Crippen LogP contribution in [-0.4, -0.2) is 36.6 Å². The summed E-state index contributed by atoms with van der Waals surface area (Å²) in [6.45, 7) is 2.29. The van der Waals surface area contributed by atoms with Gasteiger partial charge in [-0.05, 0) is 24.6 Å². The van der Waals surface area contributed by atoms with Crippen LogP contribution in [0.25, 0.3) is 5.70 Å². The molecule has 1 aromatic carbocycles. The molecular formula is C15H17ClFNO4. The highest BCUT2D eigenvalue weighted by Gasteiger charge is 2.23. The van der Waals surface area contributed by atoms with E-state index in [0.717, 1.165) is 6.42 Å². The lowest BCUT2D eigenvalue weighted by atomic mass is 10.1. The van der Waals surface area contributed by atoms with Crippen LogP contribution in [0, 0.1) is 5.82 Å². The van der Waals surface area contributed by atoms with Gasteiger partial charge in [-0.1, -0.05) is 17.7 Å². The van der Waals surface area contributed by atoms with E-state index in [1.807, 2.05) is 0 Å². The Morgan fingerprint density at radius 2 is 2.18 bits per heavy atom. The summed E-state index contributed by atoms with van der Waals surface area (Å²) in [6, 6.07) is 4.10. The first kappa shape index (κ1) is 16.9.